The molecule has 0 saturated heterocycles. The van der Waals surface area contributed by atoms with Crippen LogP contribution in [0.1, 0.15) is 30.5 Å². The van der Waals surface area contributed by atoms with Crippen molar-refractivity contribution >= 4 is 16.8 Å². The van der Waals surface area contributed by atoms with Crippen LogP contribution in [-0.2, 0) is 9.53 Å². The summed E-state index contributed by atoms with van der Waals surface area (Å²) in [6.45, 7) is 6.46. The molecule has 1 atom stereocenters. The zero-order valence-electron chi connectivity index (χ0n) is 17.8. The van der Waals surface area contributed by atoms with Crippen molar-refractivity contribution in [2.24, 2.45) is 0 Å². The first-order valence-corrected chi connectivity index (χ1v) is 10.0. The van der Waals surface area contributed by atoms with E-state index in [0.717, 1.165) is 15.7 Å². The first-order valence-electron chi connectivity index (χ1n) is 10.0. The predicted octanol–water partition coefficient (Wildman–Crippen LogP) is 2.48. The zero-order chi connectivity index (χ0) is 21.8. The summed E-state index contributed by atoms with van der Waals surface area (Å²) < 4.78 is 7.57. The molecule has 7 nitrogen and oxygen atoms in total. The minimum absolute atomic E-state index is 0.285. The maximum absolute atomic E-state index is 13.6. The summed E-state index contributed by atoms with van der Waals surface area (Å²) in [6.07, 6.45) is 0.397. The molecule has 3 aromatic rings. The van der Waals surface area contributed by atoms with Crippen molar-refractivity contribution in [2.75, 3.05) is 20.3 Å². The Balaban J connectivity index is 2.28. The van der Waals surface area contributed by atoms with E-state index in [2.05, 4.69) is 5.32 Å². The van der Waals surface area contributed by atoms with Gasteiger partial charge in [0.05, 0.1) is 23.2 Å². The van der Waals surface area contributed by atoms with E-state index in [0.29, 0.717) is 36.2 Å². The van der Waals surface area contributed by atoms with Crippen molar-refractivity contribution in [3.63, 3.8) is 0 Å². The Hall–Kier alpha value is -3.19. The number of para-hydroxylation sites is 1. The lowest BCUT2D eigenvalue weighted by molar-refractivity contribution is -0.124. The zero-order valence-corrected chi connectivity index (χ0v) is 17.8. The lowest BCUT2D eigenvalue weighted by atomic mass is 10.1. The fourth-order valence-corrected chi connectivity index (χ4v) is 3.56. The third-order valence-corrected chi connectivity index (χ3v) is 5.35. The average molecular weight is 409 g/mol. The van der Waals surface area contributed by atoms with Gasteiger partial charge in [-0.1, -0.05) is 25.1 Å². The molecule has 0 saturated carbocycles. The Labute approximate surface area is 174 Å². The highest BCUT2D eigenvalue weighted by Crippen LogP contribution is 2.18. The summed E-state index contributed by atoms with van der Waals surface area (Å²) >= 11 is 0. The lowest BCUT2D eigenvalue weighted by Gasteiger charge is -2.21. The number of nitrogens with one attached hydrogen (secondary N) is 1. The van der Waals surface area contributed by atoms with Gasteiger partial charge in [-0.3, -0.25) is 14.2 Å². The number of aromatic nitrogens is 2. The van der Waals surface area contributed by atoms with Gasteiger partial charge in [-0.2, -0.15) is 0 Å². The van der Waals surface area contributed by atoms with Gasteiger partial charge in [-0.15, -0.1) is 0 Å². The number of ether oxygens (including phenoxy) is 1. The van der Waals surface area contributed by atoms with Crippen molar-refractivity contribution in [3.8, 4) is 5.69 Å². The van der Waals surface area contributed by atoms with Gasteiger partial charge in [0.2, 0.25) is 5.91 Å². The van der Waals surface area contributed by atoms with Crippen LogP contribution in [0.5, 0.6) is 0 Å². The van der Waals surface area contributed by atoms with Gasteiger partial charge < -0.3 is 10.1 Å². The molecule has 2 aromatic carbocycles. The quantitative estimate of drug-likeness (QED) is 0.608. The molecule has 0 fully saturated rings. The molecular weight excluding hydrogens is 382 g/mol. The van der Waals surface area contributed by atoms with Crippen LogP contribution in [-0.4, -0.2) is 35.3 Å². The Morgan fingerprint density at radius 1 is 1.10 bits per heavy atom. The number of hydrogen-bond donors (Lipinski definition) is 1. The smallest absolute Gasteiger partial charge is 0.336 e. The molecule has 1 N–H and O–H groups in total. The van der Waals surface area contributed by atoms with Crippen molar-refractivity contribution in [1.29, 1.82) is 0 Å². The van der Waals surface area contributed by atoms with Gasteiger partial charge in [0, 0.05) is 13.7 Å². The Kier molecular flexibility index (Phi) is 6.52. The van der Waals surface area contributed by atoms with Gasteiger partial charge in [-0.25, -0.2) is 9.36 Å². The predicted molar refractivity (Wildman–Crippen MR) is 117 cm³/mol. The molecule has 0 bridgehead atoms. The second-order valence-corrected chi connectivity index (χ2v) is 7.29. The topological polar surface area (TPSA) is 82.3 Å². The van der Waals surface area contributed by atoms with Crippen LogP contribution in [0.15, 0.2) is 52.1 Å². The summed E-state index contributed by atoms with van der Waals surface area (Å²) in [4.78, 5) is 39.6. The van der Waals surface area contributed by atoms with Gasteiger partial charge in [0.15, 0.2) is 0 Å². The molecule has 3 rings (SSSR count). The number of benzene rings is 2. The second-order valence-electron chi connectivity index (χ2n) is 7.29. The van der Waals surface area contributed by atoms with E-state index in [-0.39, 0.29) is 5.91 Å². The fourth-order valence-electron chi connectivity index (χ4n) is 3.56. The molecular formula is C23H27N3O4. The van der Waals surface area contributed by atoms with E-state index in [1.54, 1.807) is 37.4 Å². The normalized spacial score (nSPS) is 12.1. The number of carbonyl (C=O) groups is 1. The fraction of sp³-hybridized carbons (Fsp3) is 0.348. The molecule has 30 heavy (non-hydrogen) atoms. The van der Waals surface area contributed by atoms with E-state index >= 15 is 0 Å². The van der Waals surface area contributed by atoms with Crippen LogP contribution in [0.3, 0.4) is 0 Å². The lowest BCUT2D eigenvalue weighted by Crippen LogP contribution is -2.44. The minimum Gasteiger partial charge on any atom is -0.383 e. The Bertz CT molecular complexity index is 1190. The van der Waals surface area contributed by atoms with Crippen LogP contribution >= 0.6 is 0 Å². The monoisotopic (exact) mass is 409 g/mol. The van der Waals surface area contributed by atoms with Crippen LogP contribution in [0, 0.1) is 13.8 Å². The summed E-state index contributed by atoms with van der Waals surface area (Å²) in [5.41, 5.74) is 2.05. The largest absolute Gasteiger partial charge is 0.383 e. The SMILES string of the molecule is CC[C@@H](C(=O)NCCOC)n1c(=O)n(-c2ccc(C)c(C)c2)c(=O)c2ccccc21. The number of nitrogens with zero attached hydrogens (tertiary/aromatic N) is 2. The number of rotatable bonds is 7. The van der Waals surface area contributed by atoms with Gasteiger partial charge in [0.25, 0.3) is 5.56 Å². The number of aryl methyl sites for hydroxylation is 2. The van der Waals surface area contributed by atoms with E-state index < -0.39 is 17.3 Å². The van der Waals surface area contributed by atoms with Gasteiger partial charge in [-0.05, 0) is 55.7 Å². The molecule has 0 unspecified atom stereocenters. The third kappa shape index (κ3) is 3.93. The van der Waals surface area contributed by atoms with Crippen LogP contribution in [0.4, 0.5) is 0 Å². The van der Waals surface area contributed by atoms with Crippen molar-refractivity contribution < 1.29 is 9.53 Å². The number of amides is 1. The molecule has 158 valence electrons. The van der Waals surface area contributed by atoms with Gasteiger partial charge in [0.1, 0.15) is 6.04 Å². The number of carbonyl (C=O) groups excluding carboxylic acids is 1. The number of hydrogen-bond acceptors (Lipinski definition) is 4. The summed E-state index contributed by atoms with van der Waals surface area (Å²) in [5, 5.41) is 3.19. The second kappa shape index (κ2) is 9.09. The molecule has 0 aliphatic carbocycles. The molecule has 1 heterocycles. The Morgan fingerprint density at radius 3 is 2.50 bits per heavy atom. The molecule has 1 amide bonds. The van der Waals surface area contributed by atoms with Crippen LogP contribution < -0.4 is 16.6 Å². The third-order valence-electron chi connectivity index (χ3n) is 5.35. The van der Waals surface area contributed by atoms with E-state index in [1.807, 2.05) is 32.9 Å². The highest BCUT2D eigenvalue weighted by Gasteiger charge is 2.24. The van der Waals surface area contributed by atoms with E-state index in [9.17, 15) is 14.4 Å². The highest BCUT2D eigenvalue weighted by atomic mass is 16.5. The minimum atomic E-state index is -0.752. The number of methoxy groups -OCH3 is 1. The summed E-state index contributed by atoms with van der Waals surface area (Å²) in [5.74, 6) is -0.285. The molecule has 0 spiro atoms. The van der Waals surface area contributed by atoms with E-state index in [1.165, 1.54) is 4.57 Å². The average Bonchev–Trinajstić information content (AvgIpc) is 2.73. The maximum atomic E-state index is 13.6. The first kappa shape index (κ1) is 21.5. The van der Waals surface area contributed by atoms with Crippen LogP contribution in [0.2, 0.25) is 0 Å². The first-order chi connectivity index (χ1) is 14.4. The molecule has 0 aliphatic heterocycles. The number of fused-ring (bicyclic) bond motifs is 1. The standard InChI is InChI=1S/C23H27N3O4/c1-5-19(21(27)24-12-13-30-4)26-20-9-7-6-8-18(20)22(28)25(23(26)29)17-11-10-15(2)16(3)14-17/h6-11,14,19H,5,12-13H2,1-4H3,(H,24,27)/t19-/m0/s1. The molecule has 0 aliphatic rings. The highest BCUT2D eigenvalue weighted by molar-refractivity contribution is 5.84. The van der Waals surface area contributed by atoms with Crippen molar-refractivity contribution in [1.82, 2.24) is 14.5 Å². The summed E-state index contributed by atoms with van der Waals surface area (Å²) in [6, 6.07) is 11.6. The van der Waals surface area contributed by atoms with Crippen molar-refractivity contribution in [3.05, 3.63) is 74.4 Å². The van der Waals surface area contributed by atoms with E-state index in [4.69, 9.17) is 4.74 Å². The molecule has 1 aromatic heterocycles. The molecule has 7 heteroatoms. The summed E-state index contributed by atoms with van der Waals surface area (Å²) in [7, 11) is 1.56. The Morgan fingerprint density at radius 2 is 1.83 bits per heavy atom. The van der Waals surface area contributed by atoms with Crippen molar-refractivity contribution in [2.45, 2.75) is 33.2 Å². The maximum Gasteiger partial charge on any atom is 0.336 e. The molecule has 0 radical (unpaired) electrons. The van der Waals surface area contributed by atoms with Gasteiger partial charge >= 0.3 is 5.69 Å². The van der Waals surface area contributed by atoms with Crippen LogP contribution in [0.25, 0.3) is 16.6 Å².